The average Bonchev–Trinajstić information content (AvgIpc) is 1.95. The summed E-state index contributed by atoms with van der Waals surface area (Å²) in [7, 11) is 1.99. The molecule has 0 amide bonds. The summed E-state index contributed by atoms with van der Waals surface area (Å²) in [6.07, 6.45) is 2.29. The van der Waals surface area contributed by atoms with Crippen LogP contribution in [0, 0.1) is 5.41 Å². The van der Waals surface area contributed by atoms with Gasteiger partial charge in [-0.3, -0.25) is 0 Å². The topological polar surface area (TPSA) is 12.0 Å². The molecule has 2 heteroatoms. The summed E-state index contributed by atoms with van der Waals surface area (Å²) in [5.41, 5.74) is 1.59. The molecule has 0 aliphatic carbocycles. The van der Waals surface area contributed by atoms with Crippen molar-refractivity contribution in [3.63, 3.8) is 0 Å². The van der Waals surface area contributed by atoms with Gasteiger partial charge in [-0.25, -0.2) is 0 Å². The van der Waals surface area contributed by atoms with Crippen molar-refractivity contribution < 1.29 is 0 Å². The van der Waals surface area contributed by atoms with Crippen LogP contribution in [0.2, 0.25) is 0 Å². The molecule has 0 aliphatic rings. The molecule has 72 valence electrons. The lowest BCUT2D eigenvalue weighted by molar-refractivity contribution is 0.472. The Balaban J connectivity index is 4.05. The third-order valence-corrected chi connectivity index (χ3v) is 2.50. The summed E-state index contributed by atoms with van der Waals surface area (Å²) in [5, 5.41) is 3.25. The van der Waals surface area contributed by atoms with Crippen molar-refractivity contribution in [2.75, 3.05) is 18.6 Å². The van der Waals surface area contributed by atoms with Gasteiger partial charge in [-0.1, -0.05) is 33.8 Å². The summed E-state index contributed by atoms with van der Waals surface area (Å²) in [6, 6.07) is 0. The minimum Gasteiger partial charge on any atom is -0.391 e. The van der Waals surface area contributed by atoms with E-state index in [1.165, 1.54) is 11.4 Å². The second-order valence-electron chi connectivity index (χ2n) is 3.78. The van der Waals surface area contributed by atoms with Crippen LogP contribution in [-0.2, 0) is 0 Å². The molecule has 0 aliphatic heterocycles. The van der Waals surface area contributed by atoms with Gasteiger partial charge in [0.25, 0.3) is 0 Å². The summed E-state index contributed by atoms with van der Waals surface area (Å²) in [4.78, 5) is 0. The molecule has 0 radical (unpaired) electrons. The Kier molecular flexibility index (Phi) is 5.47. The second-order valence-corrected chi connectivity index (χ2v) is 5.10. The van der Waals surface area contributed by atoms with Crippen LogP contribution in [-0.4, -0.2) is 18.6 Å². The van der Waals surface area contributed by atoms with Crippen LogP contribution in [0.3, 0.4) is 0 Å². The van der Waals surface area contributed by atoms with Gasteiger partial charge in [-0.05, 0) is 5.75 Å². The predicted octanol–water partition coefficient (Wildman–Crippen LogP) is 2.89. The van der Waals surface area contributed by atoms with E-state index in [1.54, 1.807) is 0 Å². The first-order chi connectivity index (χ1) is 5.52. The maximum atomic E-state index is 3.25. The van der Waals surface area contributed by atoms with Crippen molar-refractivity contribution in [3.05, 3.63) is 11.8 Å². The van der Waals surface area contributed by atoms with Gasteiger partial charge in [-0.2, -0.15) is 11.8 Å². The van der Waals surface area contributed by atoms with E-state index in [1.807, 2.05) is 18.8 Å². The van der Waals surface area contributed by atoms with Crippen LogP contribution in [0.15, 0.2) is 11.8 Å². The third-order valence-electron chi connectivity index (χ3n) is 1.69. The number of hydrogen-bond donors (Lipinski definition) is 1. The molecule has 0 bridgehead atoms. The Labute approximate surface area is 81.0 Å². The third kappa shape index (κ3) is 4.70. The van der Waals surface area contributed by atoms with Crippen LogP contribution < -0.4 is 5.32 Å². The van der Waals surface area contributed by atoms with Gasteiger partial charge in [0.05, 0.1) is 0 Å². The van der Waals surface area contributed by atoms with Gasteiger partial charge in [0, 0.05) is 23.9 Å². The van der Waals surface area contributed by atoms with E-state index < -0.39 is 0 Å². The lowest BCUT2D eigenvalue weighted by Crippen LogP contribution is -2.21. The van der Waals surface area contributed by atoms with Crippen LogP contribution in [0.25, 0.3) is 0 Å². The molecule has 0 saturated carbocycles. The van der Waals surface area contributed by atoms with Crippen LogP contribution in [0.5, 0.6) is 0 Å². The van der Waals surface area contributed by atoms with E-state index in [2.05, 4.69) is 39.1 Å². The highest BCUT2D eigenvalue weighted by molar-refractivity contribution is 7.99. The molecule has 0 aromatic heterocycles. The SMILES string of the molecule is CCSCC=C(NC)C(C)(C)C. The molecule has 0 atom stereocenters. The van der Waals surface area contributed by atoms with Gasteiger partial charge in [0.15, 0.2) is 0 Å². The van der Waals surface area contributed by atoms with Crippen molar-refractivity contribution in [2.45, 2.75) is 27.7 Å². The first kappa shape index (κ1) is 11.9. The number of hydrogen-bond acceptors (Lipinski definition) is 2. The van der Waals surface area contributed by atoms with Crippen LogP contribution in [0.4, 0.5) is 0 Å². The smallest absolute Gasteiger partial charge is 0.0133 e. The molecule has 0 unspecified atom stereocenters. The molecule has 1 N–H and O–H groups in total. The van der Waals surface area contributed by atoms with Crippen molar-refractivity contribution in [2.24, 2.45) is 5.41 Å². The van der Waals surface area contributed by atoms with Crippen LogP contribution >= 0.6 is 11.8 Å². The molecule has 0 aromatic carbocycles. The first-order valence-electron chi connectivity index (χ1n) is 4.48. The highest BCUT2D eigenvalue weighted by Crippen LogP contribution is 2.22. The highest BCUT2D eigenvalue weighted by Gasteiger charge is 2.14. The molecule has 12 heavy (non-hydrogen) atoms. The van der Waals surface area contributed by atoms with E-state index in [4.69, 9.17) is 0 Å². The van der Waals surface area contributed by atoms with Gasteiger partial charge >= 0.3 is 0 Å². The Morgan fingerprint density at radius 1 is 1.42 bits per heavy atom. The van der Waals surface area contributed by atoms with E-state index in [0.29, 0.717) is 0 Å². The lowest BCUT2D eigenvalue weighted by atomic mass is 9.92. The molecule has 0 heterocycles. The Hall–Kier alpha value is -0.110. The zero-order valence-electron chi connectivity index (χ0n) is 8.90. The maximum Gasteiger partial charge on any atom is 0.0133 e. The van der Waals surface area contributed by atoms with E-state index in [9.17, 15) is 0 Å². The van der Waals surface area contributed by atoms with Crippen LogP contribution in [0.1, 0.15) is 27.7 Å². The number of thioether (sulfide) groups is 1. The average molecular weight is 187 g/mol. The Morgan fingerprint density at radius 3 is 2.33 bits per heavy atom. The Morgan fingerprint density at radius 2 is 2.00 bits per heavy atom. The fourth-order valence-corrected chi connectivity index (χ4v) is 1.56. The minimum absolute atomic E-state index is 0.253. The molecule has 0 fully saturated rings. The number of nitrogens with one attached hydrogen (secondary N) is 1. The fraction of sp³-hybridized carbons (Fsp3) is 0.800. The zero-order chi connectivity index (χ0) is 9.61. The standard InChI is InChI=1S/C10H21NS/c1-6-12-8-7-9(11-5)10(2,3)4/h7,11H,6,8H2,1-5H3. The van der Waals surface area contributed by atoms with Crippen molar-refractivity contribution in [1.82, 2.24) is 5.32 Å². The number of allylic oxidation sites excluding steroid dienone is 1. The molecule has 0 spiro atoms. The summed E-state index contributed by atoms with van der Waals surface area (Å²) >= 11 is 1.95. The van der Waals surface area contributed by atoms with E-state index in [-0.39, 0.29) is 5.41 Å². The van der Waals surface area contributed by atoms with Gasteiger partial charge in [0.1, 0.15) is 0 Å². The second kappa shape index (κ2) is 5.52. The van der Waals surface area contributed by atoms with Crippen molar-refractivity contribution in [1.29, 1.82) is 0 Å². The quantitative estimate of drug-likeness (QED) is 0.679. The van der Waals surface area contributed by atoms with Gasteiger partial charge in [-0.15, -0.1) is 0 Å². The monoisotopic (exact) mass is 187 g/mol. The fourth-order valence-electron chi connectivity index (χ4n) is 1.04. The Bertz CT molecular complexity index is 144. The molecule has 0 aromatic rings. The molecule has 0 saturated heterocycles. The summed E-state index contributed by atoms with van der Waals surface area (Å²) < 4.78 is 0. The normalized spacial score (nSPS) is 13.2. The molecular formula is C10H21NS. The van der Waals surface area contributed by atoms with E-state index in [0.717, 1.165) is 5.75 Å². The minimum atomic E-state index is 0.253. The zero-order valence-corrected chi connectivity index (χ0v) is 9.72. The predicted molar refractivity (Wildman–Crippen MR) is 59.6 cm³/mol. The highest BCUT2D eigenvalue weighted by atomic mass is 32.2. The molecule has 1 nitrogen and oxygen atoms in total. The van der Waals surface area contributed by atoms with Gasteiger partial charge < -0.3 is 5.32 Å². The van der Waals surface area contributed by atoms with Crippen molar-refractivity contribution in [3.8, 4) is 0 Å². The summed E-state index contributed by atoms with van der Waals surface area (Å²) in [5.74, 6) is 2.31. The van der Waals surface area contributed by atoms with E-state index >= 15 is 0 Å². The first-order valence-corrected chi connectivity index (χ1v) is 5.64. The maximum absolute atomic E-state index is 3.25. The number of rotatable bonds is 4. The lowest BCUT2D eigenvalue weighted by Gasteiger charge is -2.22. The van der Waals surface area contributed by atoms with Gasteiger partial charge in [0.2, 0.25) is 0 Å². The molecule has 0 rings (SSSR count). The summed E-state index contributed by atoms with van der Waals surface area (Å²) in [6.45, 7) is 8.87. The molecular weight excluding hydrogens is 166 g/mol. The largest absolute Gasteiger partial charge is 0.391 e. The van der Waals surface area contributed by atoms with Crippen molar-refractivity contribution >= 4 is 11.8 Å².